The SMILES string of the molecule is CCOC(=O)c1cc(=O)c2[nH]c3ccccc3c2[nH]1. The number of nitrogens with one attached hydrogen (secondary N) is 2. The minimum absolute atomic E-state index is 0.170. The molecule has 0 saturated carbocycles. The Hall–Kier alpha value is -2.56. The maximum absolute atomic E-state index is 12.0. The van der Waals surface area contributed by atoms with Crippen LogP contribution in [0.25, 0.3) is 21.9 Å². The predicted octanol–water partition coefficient (Wildman–Crippen LogP) is 2.19. The lowest BCUT2D eigenvalue weighted by atomic mass is 10.2. The molecule has 0 amide bonds. The molecule has 0 spiro atoms. The van der Waals surface area contributed by atoms with Gasteiger partial charge in [-0.1, -0.05) is 18.2 Å². The summed E-state index contributed by atoms with van der Waals surface area (Å²) in [6.07, 6.45) is 0. The van der Waals surface area contributed by atoms with Gasteiger partial charge >= 0.3 is 5.97 Å². The second kappa shape index (κ2) is 4.28. The average Bonchev–Trinajstić information content (AvgIpc) is 2.78. The number of aromatic amines is 2. The van der Waals surface area contributed by atoms with Gasteiger partial charge in [-0.15, -0.1) is 0 Å². The van der Waals surface area contributed by atoms with Gasteiger partial charge in [0.2, 0.25) is 5.43 Å². The number of carbonyl (C=O) groups excluding carboxylic acids is 1. The van der Waals surface area contributed by atoms with Crippen LogP contribution in [0.5, 0.6) is 0 Å². The Morgan fingerprint density at radius 3 is 2.79 bits per heavy atom. The molecule has 5 heteroatoms. The molecule has 3 rings (SSSR count). The zero-order valence-corrected chi connectivity index (χ0v) is 10.3. The molecule has 0 radical (unpaired) electrons. The fraction of sp³-hybridized carbons (Fsp3) is 0.143. The summed E-state index contributed by atoms with van der Waals surface area (Å²) in [6, 6.07) is 8.79. The minimum Gasteiger partial charge on any atom is -0.461 e. The van der Waals surface area contributed by atoms with Gasteiger partial charge in [-0.2, -0.15) is 0 Å². The quantitative estimate of drug-likeness (QED) is 0.690. The second-order valence-corrected chi connectivity index (χ2v) is 4.19. The number of pyridine rings is 1. The number of para-hydroxylation sites is 1. The molecule has 0 fully saturated rings. The summed E-state index contributed by atoms with van der Waals surface area (Å²) in [7, 11) is 0. The normalized spacial score (nSPS) is 11.0. The van der Waals surface area contributed by atoms with E-state index < -0.39 is 5.97 Å². The van der Waals surface area contributed by atoms with Crippen molar-refractivity contribution in [2.45, 2.75) is 6.92 Å². The van der Waals surface area contributed by atoms with E-state index in [1.807, 2.05) is 24.3 Å². The summed E-state index contributed by atoms with van der Waals surface area (Å²) < 4.78 is 4.90. The van der Waals surface area contributed by atoms with Gasteiger partial charge in [0.05, 0.1) is 12.1 Å². The Kier molecular flexibility index (Phi) is 2.59. The Balaban J connectivity index is 2.32. The number of ether oxygens (including phenoxy) is 1. The van der Waals surface area contributed by atoms with Crippen molar-refractivity contribution in [3.63, 3.8) is 0 Å². The van der Waals surface area contributed by atoms with Gasteiger partial charge in [-0.3, -0.25) is 4.79 Å². The summed E-state index contributed by atoms with van der Waals surface area (Å²) in [6.45, 7) is 1.99. The Morgan fingerprint density at radius 2 is 2.00 bits per heavy atom. The topological polar surface area (TPSA) is 75.0 Å². The molecule has 0 aliphatic carbocycles. The van der Waals surface area contributed by atoms with Crippen molar-refractivity contribution in [2.24, 2.45) is 0 Å². The number of rotatable bonds is 2. The summed E-state index contributed by atoms with van der Waals surface area (Å²) in [4.78, 5) is 29.7. The second-order valence-electron chi connectivity index (χ2n) is 4.19. The van der Waals surface area contributed by atoms with Crippen molar-refractivity contribution in [3.05, 3.63) is 46.2 Å². The first kappa shape index (κ1) is 11.5. The van der Waals surface area contributed by atoms with Crippen LogP contribution in [-0.4, -0.2) is 22.5 Å². The van der Waals surface area contributed by atoms with Crippen molar-refractivity contribution < 1.29 is 9.53 Å². The molecule has 2 heterocycles. The van der Waals surface area contributed by atoms with Crippen LogP contribution in [0, 0.1) is 0 Å². The number of benzene rings is 1. The van der Waals surface area contributed by atoms with Crippen LogP contribution in [-0.2, 0) is 4.74 Å². The number of esters is 1. The number of aromatic nitrogens is 2. The Morgan fingerprint density at radius 1 is 1.21 bits per heavy atom. The molecular weight excluding hydrogens is 244 g/mol. The summed E-state index contributed by atoms with van der Waals surface area (Å²) in [5, 5.41) is 0.876. The molecule has 0 bridgehead atoms. The van der Waals surface area contributed by atoms with Crippen molar-refractivity contribution in [1.29, 1.82) is 0 Å². The van der Waals surface area contributed by atoms with Gasteiger partial charge < -0.3 is 14.7 Å². The van der Waals surface area contributed by atoms with Crippen LogP contribution in [0.15, 0.2) is 35.1 Å². The lowest BCUT2D eigenvalue weighted by Gasteiger charge is -2.01. The molecule has 0 aliphatic heterocycles. The molecule has 5 nitrogen and oxygen atoms in total. The number of H-pyrrole nitrogens is 2. The van der Waals surface area contributed by atoms with Crippen LogP contribution in [0.2, 0.25) is 0 Å². The first-order valence-electron chi connectivity index (χ1n) is 6.01. The van der Waals surface area contributed by atoms with Crippen LogP contribution in [0.4, 0.5) is 0 Å². The van der Waals surface area contributed by atoms with E-state index in [1.165, 1.54) is 6.07 Å². The summed E-state index contributed by atoms with van der Waals surface area (Å²) >= 11 is 0. The highest BCUT2D eigenvalue weighted by Crippen LogP contribution is 2.21. The molecule has 0 aliphatic rings. The minimum atomic E-state index is -0.521. The average molecular weight is 256 g/mol. The summed E-state index contributed by atoms with van der Waals surface area (Å²) in [5.74, 6) is -0.521. The van der Waals surface area contributed by atoms with Crippen molar-refractivity contribution in [1.82, 2.24) is 9.97 Å². The highest BCUT2D eigenvalue weighted by molar-refractivity contribution is 6.05. The third-order valence-corrected chi connectivity index (χ3v) is 2.98. The lowest BCUT2D eigenvalue weighted by molar-refractivity contribution is 0.0520. The number of hydrogen-bond acceptors (Lipinski definition) is 3. The van der Waals surface area contributed by atoms with Crippen molar-refractivity contribution >= 4 is 27.9 Å². The van der Waals surface area contributed by atoms with E-state index in [1.54, 1.807) is 6.92 Å². The predicted molar refractivity (Wildman–Crippen MR) is 72.4 cm³/mol. The maximum Gasteiger partial charge on any atom is 0.354 e. The van der Waals surface area contributed by atoms with Gasteiger partial charge in [-0.05, 0) is 13.0 Å². The first-order chi connectivity index (χ1) is 9.20. The molecule has 96 valence electrons. The third-order valence-electron chi connectivity index (χ3n) is 2.98. The Bertz CT molecular complexity index is 829. The van der Waals surface area contributed by atoms with Gasteiger partial charge in [0.1, 0.15) is 11.2 Å². The highest BCUT2D eigenvalue weighted by atomic mass is 16.5. The smallest absolute Gasteiger partial charge is 0.354 e. The monoisotopic (exact) mass is 256 g/mol. The molecule has 19 heavy (non-hydrogen) atoms. The van der Waals surface area contributed by atoms with E-state index in [0.717, 1.165) is 10.9 Å². The highest BCUT2D eigenvalue weighted by Gasteiger charge is 2.13. The van der Waals surface area contributed by atoms with Crippen molar-refractivity contribution in [3.8, 4) is 0 Å². The third kappa shape index (κ3) is 1.79. The first-order valence-corrected chi connectivity index (χ1v) is 6.01. The number of hydrogen-bond donors (Lipinski definition) is 2. The molecule has 0 atom stereocenters. The molecule has 2 aromatic heterocycles. The van der Waals surface area contributed by atoms with E-state index in [-0.39, 0.29) is 17.7 Å². The van der Waals surface area contributed by atoms with E-state index in [4.69, 9.17) is 4.74 Å². The van der Waals surface area contributed by atoms with Gasteiger partial charge in [0.15, 0.2) is 0 Å². The fourth-order valence-corrected chi connectivity index (χ4v) is 2.15. The summed E-state index contributed by atoms with van der Waals surface area (Å²) in [5.41, 5.74) is 1.89. The molecule has 3 aromatic rings. The van der Waals surface area contributed by atoms with Crippen LogP contribution in [0.1, 0.15) is 17.4 Å². The van der Waals surface area contributed by atoms with Gasteiger partial charge in [0.25, 0.3) is 0 Å². The van der Waals surface area contributed by atoms with E-state index >= 15 is 0 Å². The van der Waals surface area contributed by atoms with Gasteiger partial charge in [0, 0.05) is 17.0 Å². The van der Waals surface area contributed by atoms with Gasteiger partial charge in [-0.25, -0.2) is 4.79 Å². The Labute approximate surface area is 108 Å². The zero-order valence-electron chi connectivity index (χ0n) is 10.3. The number of fused-ring (bicyclic) bond motifs is 3. The van der Waals surface area contributed by atoms with Crippen LogP contribution >= 0.6 is 0 Å². The molecule has 1 aromatic carbocycles. The standard InChI is InChI=1S/C14H12N2O3/c1-2-19-14(18)10-7-11(17)13-12(16-10)8-5-3-4-6-9(8)15-13/h3-7,15H,2H2,1H3,(H,16,17). The van der Waals surface area contributed by atoms with E-state index in [2.05, 4.69) is 9.97 Å². The number of carbonyl (C=O) groups is 1. The van der Waals surface area contributed by atoms with Crippen LogP contribution in [0.3, 0.4) is 0 Å². The van der Waals surface area contributed by atoms with Crippen molar-refractivity contribution in [2.75, 3.05) is 6.61 Å². The lowest BCUT2D eigenvalue weighted by Crippen LogP contribution is -2.12. The zero-order chi connectivity index (χ0) is 13.4. The molecule has 0 unspecified atom stereocenters. The maximum atomic E-state index is 12.0. The fourth-order valence-electron chi connectivity index (χ4n) is 2.15. The molecular formula is C14H12N2O3. The van der Waals surface area contributed by atoms with Crippen LogP contribution < -0.4 is 5.43 Å². The molecule has 2 N–H and O–H groups in total. The van der Waals surface area contributed by atoms with E-state index in [0.29, 0.717) is 11.0 Å². The molecule has 0 saturated heterocycles. The largest absolute Gasteiger partial charge is 0.461 e. The van der Waals surface area contributed by atoms with E-state index in [9.17, 15) is 9.59 Å².